The molecule has 1 aliphatic heterocycles. The lowest BCUT2D eigenvalue weighted by atomic mass is 9.98. The molecule has 0 bridgehead atoms. The predicted octanol–water partition coefficient (Wildman–Crippen LogP) is 2.61. The van der Waals surface area contributed by atoms with Crippen molar-refractivity contribution in [1.29, 1.82) is 0 Å². The molecule has 1 aromatic carbocycles. The predicted molar refractivity (Wildman–Crippen MR) is 78.8 cm³/mol. The largest absolute Gasteiger partial charge is 0.323 e. The number of aryl methyl sites for hydroxylation is 1. The molecular formula is C15H23NO2S. The topological polar surface area (TPSA) is 60.2 Å². The van der Waals surface area contributed by atoms with Gasteiger partial charge >= 0.3 is 0 Å². The van der Waals surface area contributed by atoms with E-state index in [0.717, 1.165) is 31.2 Å². The Morgan fingerprint density at radius 1 is 1.26 bits per heavy atom. The van der Waals surface area contributed by atoms with Crippen molar-refractivity contribution in [1.82, 2.24) is 0 Å². The third-order valence-electron chi connectivity index (χ3n) is 3.93. The lowest BCUT2D eigenvalue weighted by Crippen LogP contribution is -2.37. The highest BCUT2D eigenvalue weighted by molar-refractivity contribution is 7.92. The van der Waals surface area contributed by atoms with Crippen LogP contribution in [0.15, 0.2) is 24.3 Å². The van der Waals surface area contributed by atoms with Crippen LogP contribution in [0.25, 0.3) is 0 Å². The molecule has 1 saturated heterocycles. The second-order valence-electron chi connectivity index (χ2n) is 5.42. The van der Waals surface area contributed by atoms with Gasteiger partial charge in [0.25, 0.3) is 0 Å². The second kappa shape index (κ2) is 6.06. The van der Waals surface area contributed by atoms with Gasteiger partial charge in [-0.2, -0.15) is 0 Å². The first kappa shape index (κ1) is 14.5. The molecule has 2 atom stereocenters. The highest BCUT2D eigenvalue weighted by atomic mass is 32.2. The van der Waals surface area contributed by atoms with Crippen LogP contribution >= 0.6 is 0 Å². The van der Waals surface area contributed by atoms with Gasteiger partial charge in [0.15, 0.2) is 9.84 Å². The molecule has 2 rings (SSSR count). The summed E-state index contributed by atoms with van der Waals surface area (Å²) in [5, 5.41) is -0.404. The lowest BCUT2D eigenvalue weighted by molar-refractivity contribution is 0.504. The van der Waals surface area contributed by atoms with Crippen molar-refractivity contribution >= 4 is 9.84 Å². The summed E-state index contributed by atoms with van der Waals surface area (Å²) < 4.78 is 24.2. The summed E-state index contributed by atoms with van der Waals surface area (Å²) in [4.78, 5) is 0. The molecule has 19 heavy (non-hydrogen) atoms. The van der Waals surface area contributed by atoms with E-state index in [-0.39, 0.29) is 6.04 Å². The molecule has 1 aromatic rings. The van der Waals surface area contributed by atoms with Gasteiger partial charge in [-0.25, -0.2) is 8.42 Å². The van der Waals surface area contributed by atoms with Gasteiger partial charge in [0.05, 0.1) is 11.0 Å². The van der Waals surface area contributed by atoms with Crippen LogP contribution in [0.4, 0.5) is 0 Å². The maximum absolute atomic E-state index is 12.1. The van der Waals surface area contributed by atoms with Gasteiger partial charge in [0, 0.05) is 6.04 Å². The molecule has 1 aliphatic rings. The number of hydrogen-bond acceptors (Lipinski definition) is 3. The fourth-order valence-electron chi connectivity index (χ4n) is 2.79. The average Bonchev–Trinajstić information content (AvgIpc) is 2.39. The van der Waals surface area contributed by atoms with Crippen LogP contribution in [-0.4, -0.2) is 19.4 Å². The Kier molecular flexibility index (Phi) is 4.63. The van der Waals surface area contributed by atoms with Crippen LogP contribution in [0.3, 0.4) is 0 Å². The van der Waals surface area contributed by atoms with E-state index in [1.807, 2.05) is 12.1 Å². The van der Waals surface area contributed by atoms with E-state index < -0.39 is 15.1 Å². The first-order valence-corrected chi connectivity index (χ1v) is 8.82. The molecule has 0 spiro atoms. The summed E-state index contributed by atoms with van der Waals surface area (Å²) in [6.07, 6.45) is 4.60. The summed E-state index contributed by atoms with van der Waals surface area (Å²) in [7, 11) is -3.02. The fourth-order valence-corrected chi connectivity index (χ4v) is 4.83. The zero-order chi connectivity index (χ0) is 13.9. The van der Waals surface area contributed by atoms with Gasteiger partial charge < -0.3 is 5.73 Å². The van der Waals surface area contributed by atoms with Gasteiger partial charge in [-0.3, -0.25) is 0 Å². The number of sulfone groups is 1. The summed E-state index contributed by atoms with van der Waals surface area (Å²) in [5.41, 5.74) is 8.41. The Hall–Kier alpha value is -0.870. The number of rotatable bonds is 4. The second-order valence-corrected chi connectivity index (χ2v) is 7.76. The van der Waals surface area contributed by atoms with Gasteiger partial charge in [-0.15, -0.1) is 0 Å². The maximum atomic E-state index is 12.1. The van der Waals surface area contributed by atoms with Crippen molar-refractivity contribution in [2.45, 2.75) is 50.3 Å². The van der Waals surface area contributed by atoms with E-state index in [2.05, 4.69) is 19.1 Å². The van der Waals surface area contributed by atoms with E-state index in [0.29, 0.717) is 12.2 Å². The van der Waals surface area contributed by atoms with E-state index in [1.165, 1.54) is 5.56 Å². The normalized spacial score (nSPS) is 24.0. The third kappa shape index (κ3) is 3.37. The Labute approximate surface area is 116 Å². The van der Waals surface area contributed by atoms with Gasteiger partial charge in [0.1, 0.15) is 0 Å². The molecule has 0 amide bonds. The van der Waals surface area contributed by atoms with Crippen LogP contribution in [0.2, 0.25) is 0 Å². The maximum Gasteiger partial charge on any atom is 0.155 e. The first-order chi connectivity index (χ1) is 9.04. The molecule has 0 aliphatic carbocycles. The van der Waals surface area contributed by atoms with E-state index in [9.17, 15) is 8.42 Å². The van der Waals surface area contributed by atoms with E-state index in [1.54, 1.807) is 0 Å². The van der Waals surface area contributed by atoms with Crippen molar-refractivity contribution < 1.29 is 8.42 Å². The summed E-state index contributed by atoms with van der Waals surface area (Å²) in [6.45, 7) is 2.15. The van der Waals surface area contributed by atoms with Crippen LogP contribution < -0.4 is 5.73 Å². The summed E-state index contributed by atoms with van der Waals surface area (Å²) in [5.74, 6) is 0.291. The van der Waals surface area contributed by atoms with E-state index in [4.69, 9.17) is 5.73 Å². The molecule has 0 saturated carbocycles. The standard InChI is InChI=1S/C15H23NO2S/c1-2-5-12-7-9-13(10-8-12)15(16)14-6-3-4-11-19(14,17)18/h7-10,14-15H,2-6,11,16H2,1H3. The van der Waals surface area contributed by atoms with Crippen molar-refractivity contribution in [2.75, 3.05) is 5.75 Å². The third-order valence-corrected chi connectivity index (χ3v) is 6.24. The molecule has 106 valence electrons. The highest BCUT2D eigenvalue weighted by Gasteiger charge is 2.34. The average molecular weight is 281 g/mol. The molecule has 1 heterocycles. The molecule has 0 aromatic heterocycles. The quantitative estimate of drug-likeness (QED) is 0.923. The van der Waals surface area contributed by atoms with Gasteiger partial charge in [0.2, 0.25) is 0 Å². The Morgan fingerprint density at radius 2 is 1.95 bits per heavy atom. The smallest absolute Gasteiger partial charge is 0.155 e. The van der Waals surface area contributed by atoms with Gasteiger partial charge in [-0.05, 0) is 30.4 Å². The molecule has 1 fully saturated rings. The molecule has 0 radical (unpaired) electrons. The van der Waals surface area contributed by atoms with Crippen LogP contribution in [0, 0.1) is 0 Å². The molecule has 2 N–H and O–H groups in total. The highest BCUT2D eigenvalue weighted by Crippen LogP contribution is 2.29. The summed E-state index contributed by atoms with van der Waals surface area (Å²) >= 11 is 0. The fraction of sp³-hybridized carbons (Fsp3) is 0.600. The van der Waals surface area contributed by atoms with Crippen molar-refractivity contribution in [3.05, 3.63) is 35.4 Å². The van der Waals surface area contributed by atoms with Crippen molar-refractivity contribution in [2.24, 2.45) is 5.73 Å². The summed E-state index contributed by atoms with van der Waals surface area (Å²) in [6, 6.07) is 7.71. The minimum absolute atomic E-state index is 0.291. The first-order valence-electron chi connectivity index (χ1n) is 7.10. The van der Waals surface area contributed by atoms with Crippen LogP contribution in [-0.2, 0) is 16.3 Å². The number of hydrogen-bond donors (Lipinski definition) is 1. The minimum atomic E-state index is -3.02. The number of benzene rings is 1. The number of nitrogens with two attached hydrogens (primary N) is 1. The SMILES string of the molecule is CCCc1ccc(C(N)C2CCCCS2(=O)=O)cc1. The van der Waals surface area contributed by atoms with Crippen LogP contribution in [0.5, 0.6) is 0 Å². The lowest BCUT2D eigenvalue weighted by Gasteiger charge is -2.27. The van der Waals surface area contributed by atoms with Crippen molar-refractivity contribution in [3.63, 3.8) is 0 Å². The van der Waals surface area contributed by atoms with Gasteiger partial charge in [-0.1, -0.05) is 44.0 Å². The Bertz CT molecular complexity index is 507. The van der Waals surface area contributed by atoms with E-state index >= 15 is 0 Å². The molecule has 2 unspecified atom stereocenters. The molecular weight excluding hydrogens is 258 g/mol. The Balaban J connectivity index is 2.16. The Morgan fingerprint density at radius 3 is 2.53 bits per heavy atom. The zero-order valence-electron chi connectivity index (χ0n) is 11.5. The molecule has 3 nitrogen and oxygen atoms in total. The van der Waals surface area contributed by atoms with Crippen LogP contribution in [0.1, 0.15) is 49.8 Å². The minimum Gasteiger partial charge on any atom is -0.323 e. The van der Waals surface area contributed by atoms with Crippen molar-refractivity contribution in [3.8, 4) is 0 Å². The monoisotopic (exact) mass is 281 g/mol. The molecule has 4 heteroatoms. The zero-order valence-corrected chi connectivity index (χ0v) is 12.3.